The molecule has 0 saturated carbocycles. The molecule has 15 heteroatoms. The standard InChI is InChI=1S/C46H55N7O8/c1-26(2)21-34-41(57)53-37(40(56)49-35(42(58)60-7)22-28-15-9-8-10-16-28)24-46(31-18-12-13-19-32(31)50-43(46)53)52-25-29(30-17-11-14-20-36(30)52)23-33(51-44(59)61-45(4,5)6)39(55)47-27(3)38(54)48-34/h8-20,25-27,33-35,37,43,50H,21-24H2,1-7H3,(H,47,55)(H,48,54)(H,49,56)(H,51,59)/t27-,33-,34-,35-,37-,43-,46?/m0/s1. The fraction of sp³-hybridized carbons (Fsp3) is 0.435. The number of alkyl carbamates (subject to hydrolysis) is 1. The predicted molar refractivity (Wildman–Crippen MR) is 228 cm³/mol. The van der Waals surface area contributed by atoms with E-state index in [9.17, 15) is 24.0 Å². The van der Waals surface area contributed by atoms with Gasteiger partial charge in [-0.2, -0.15) is 0 Å². The van der Waals surface area contributed by atoms with Crippen LogP contribution in [-0.2, 0) is 51.8 Å². The number of fused-ring (bicyclic) bond motifs is 6. The SMILES string of the molecule is COC(=O)[C@H](Cc1ccccc1)NC(=O)[C@@H]1CC23c4ccccc4N[C@H]2N1C(=O)[C@H](CC(C)C)NC(=O)[C@H](C)NC(=O)[C@@H](NC(=O)OC(C)(C)C)Cc1cn3c2ccccc12. The third kappa shape index (κ3) is 8.50. The summed E-state index contributed by atoms with van der Waals surface area (Å²) in [4.78, 5) is 86.6. The number of benzene rings is 3. The van der Waals surface area contributed by atoms with Gasteiger partial charge in [-0.05, 0) is 63.3 Å². The molecule has 1 fully saturated rings. The highest BCUT2D eigenvalue weighted by atomic mass is 16.6. The Morgan fingerprint density at radius 1 is 0.902 bits per heavy atom. The number of nitrogens with one attached hydrogen (secondary N) is 5. The first-order valence-electron chi connectivity index (χ1n) is 20.8. The summed E-state index contributed by atoms with van der Waals surface area (Å²) in [5.74, 6) is -3.05. The first kappa shape index (κ1) is 42.7. The van der Waals surface area contributed by atoms with Crippen LogP contribution in [0, 0.1) is 5.92 Å². The predicted octanol–water partition coefficient (Wildman–Crippen LogP) is 4.12. The minimum absolute atomic E-state index is 0.00554. The van der Waals surface area contributed by atoms with Gasteiger partial charge in [0.1, 0.15) is 47.5 Å². The van der Waals surface area contributed by atoms with E-state index in [1.54, 1.807) is 20.8 Å². The normalized spacial score (nSPS) is 24.3. The molecule has 3 aromatic carbocycles. The third-order valence-corrected chi connectivity index (χ3v) is 11.6. The number of esters is 1. The van der Waals surface area contributed by atoms with Gasteiger partial charge in [0.25, 0.3) is 0 Å². The summed E-state index contributed by atoms with van der Waals surface area (Å²) in [6.45, 7) is 10.5. The number of carbonyl (C=O) groups is 6. The van der Waals surface area contributed by atoms with Crippen LogP contribution in [0.15, 0.2) is 85.1 Å². The molecule has 5 amide bonds. The van der Waals surface area contributed by atoms with Crippen LogP contribution in [-0.4, -0.2) is 94.2 Å². The molecule has 61 heavy (non-hydrogen) atoms. The largest absolute Gasteiger partial charge is 0.467 e. The van der Waals surface area contributed by atoms with Crippen molar-refractivity contribution in [3.8, 4) is 0 Å². The van der Waals surface area contributed by atoms with Crippen LogP contribution in [0.5, 0.6) is 0 Å². The van der Waals surface area contributed by atoms with Crippen LogP contribution in [0.2, 0.25) is 0 Å². The molecule has 3 aliphatic rings. The van der Waals surface area contributed by atoms with Gasteiger partial charge in [-0.3, -0.25) is 19.2 Å². The number of hydrogen-bond donors (Lipinski definition) is 5. The lowest BCUT2D eigenvalue weighted by Crippen LogP contribution is -2.61. The van der Waals surface area contributed by atoms with Gasteiger partial charge in [0.2, 0.25) is 23.6 Å². The van der Waals surface area contributed by atoms with Gasteiger partial charge in [0.05, 0.1) is 7.11 Å². The quantitative estimate of drug-likeness (QED) is 0.163. The average molecular weight is 834 g/mol. The van der Waals surface area contributed by atoms with Crippen molar-refractivity contribution in [1.29, 1.82) is 0 Å². The number of para-hydroxylation sites is 2. The van der Waals surface area contributed by atoms with E-state index < -0.39 is 83.2 Å². The Kier molecular flexibility index (Phi) is 11.9. The molecule has 4 aromatic rings. The Bertz CT molecular complexity index is 2340. The third-order valence-electron chi connectivity index (χ3n) is 11.6. The Morgan fingerprint density at radius 2 is 1.59 bits per heavy atom. The van der Waals surface area contributed by atoms with E-state index >= 15 is 4.79 Å². The summed E-state index contributed by atoms with van der Waals surface area (Å²) in [6.07, 6.45) is 0.676. The number of carbonyl (C=O) groups excluding carboxylic acids is 6. The number of nitrogens with zero attached hydrogens (tertiary/aromatic N) is 2. The molecule has 4 heterocycles. The number of rotatable bonds is 8. The van der Waals surface area contributed by atoms with Crippen LogP contribution in [0.1, 0.15) is 71.1 Å². The summed E-state index contributed by atoms with van der Waals surface area (Å²) < 4.78 is 12.8. The highest BCUT2D eigenvalue weighted by molar-refractivity contribution is 5.98. The monoisotopic (exact) mass is 833 g/mol. The summed E-state index contributed by atoms with van der Waals surface area (Å²) in [6, 6.07) is 18.9. The van der Waals surface area contributed by atoms with Gasteiger partial charge in [0.15, 0.2) is 0 Å². The van der Waals surface area contributed by atoms with Gasteiger partial charge in [-0.15, -0.1) is 0 Å². The summed E-state index contributed by atoms with van der Waals surface area (Å²) in [7, 11) is 1.26. The molecule has 322 valence electrons. The molecular formula is C46H55N7O8. The van der Waals surface area contributed by atoms with E-state index in [0.717, 1.165) is 27.7 Å². The fourth-order valence-corrected chi connectivity index (χ4v) is 8.98. The van der Waals surface area contributed by atoms with E-state index in [4.69, 9.17) is 9.47 Å². The van der Waals surface area contributed by atoms with Crippen LogP contribution < -0.4 is 26.6 Å². The molecule has 15 nitrogen and oxygen atoms in total. The minimum atomic E-state index is -1.18. The average Bonchev–Trinajstić information content (AvgIpc) is 3.85. The Hall–Kier alpha value is -6.38. The number of anilines is 1. The van der Waals surface area contributed by atoms with E-state index in [1.807, 2.05) is 98.9 Å². The van der Waals surface area contributed by atoms with E-state index in [-0.39, 0.29) is 31.6 Å². The molecule has 1 aromatic heterocycles. The van der Waals surface area contributed by atoms with Crippen molar-refractivity contribution in [3.63, 3.8) is 0 Å². The van der Waals surface area contributed by atoms with Gasteiger partial charge < -0.3 is 45.5 Å². The molecule has 0 aliphatic carbocycles. The number of methoxy groups -OCH3 is 1. The molecule has 4 bridgehead atoms. The maximum Gasteiger partial charge on any atom is 0.408 e. The Morgan fingerprint density at radius 3 is 2.30 bits per heavy atom. The molecule has 3 aliphatic heterocycles. The van der Waals surface area contributed by atoms with Gasteiger partial charge in [-0.1, -0.05) is 80.6 Å². The first-order valence-corrected chi connectivity index (χ1v) is 20.8. The topological polar surface area (TPSA) is 189 Å². The van der Waals surface area contributed by atoms with Crippen molar-refractivity contribution >= 4 is 52.3 Å². The summed E-state index contributed by atoms with van der Waals surface area (Å²) >= 11 is 0. The van der Waals surface area contributed by atoms with E-state index in [0.29, 0.717) is 5.56 Å². The zero-order chi connectivity index (χ0) is 43.8. The van der Waals surface area contributed by atoms with Crippen molar-refractivity contribution < 1.29 is 38.2 Å². The van der Waals surface area contributed by atoms with Crippen molar-refractivity contribution in [3.05, 3.63) is 102 Å². The molecule has 5 N–H and O–H groups in total. The fourth-order valence-electron chi connectivity index (χ4n) is 8.98. The van der Waals surface area contributed by atoms with Crippen molar-refractivity contribution in [2.75, 3.05) is 12.4 Å². The van der Waals surface area contributed by atoms with Crippen LogP contribution >= 0.6 is 0 Å². The van der Waals surface area contributed by atoms with E-state index in [1.165, 1.54) is 18.9 Å². The van der Waals surface area contributed by atoms with Crippen molar-refractivity contribution in [2.45, 2.75) is 115 Å². The number of hydrogen-bond acceptors (Lipinski definition) is 9. The minimum Gasteiger partial charge on any atom is -0.467 e. The first-order chi connectivity index (χ1) is 29.0. The molecule has 1 saturated heterocycles. The number of ether oxygens (including phenoxy) is 2. The zero-order valence-electron chi connectivity index (χ0n) is 35.6. The number of aromatic nitrogens is 1. The van der Waals surface area contributed by atoms with Gasteiger partial charge >= 0.3 is 12.1 Å². The lowest BCUT2D eigenvalue weighted by Gasteiger charge is -2.37. The lowest BCUT2D eigenvalue weighted by atomic mass is 9.86. The Labute approximate surface area is 355 Å². The highest BCUT2D eigenvalue weighted by Gasteiger charge is 2.63. The maximum absolute atomic E-state index is 15.4. The van der Waals surface area contributed by atoms with Crippen molar-refractivity contribution in [1.82, 2.24) is 30.7 Å². The second kappa shape index (κ2) is 16.9. The van der Waals surface area contributed by atoms with Crippen LogP contribution in [0.25, 0.3) is 10.9 Å². The molecule has 7 atom stereocenters. The van der Waals surface area contributed by atoms with Gasteiger partial charge in [0, 0.05) is 47.6 Å². The Balaban J connectivity index is 1.42. The van der Waals surface area contributed by atoms with E-state index in [2.05, 4.69) is 31.2 Å². The van der Waals surface area contributed by atoms with Crippen LogP contribution in [0.4, 0.5) is 10.5 Å². The maximum atomic E-state index is 15.4. The lowest BCUT2D eigenvalue weighted by molar-refractivity contribution is -0.147. The van der Waals surface area contributed by atoms with Gasteiger partial charge in [-0.25, -0.2) is 9.59 Å². The molecule has 7 rings (SSSR count). The molecule has 0 radical (unpaired) electrons. The van der Waals surface area contributed by atoms with Crippen LogP contribution in [0.3, 0.4) is 0 Å². The second-order valence-corrected chi connectivity index (χ2v) is 17.6. The number of amides is 5. The molecule has 0 spiro atoms. The molecule has 1 unspecified atom stereocenters. The second-order valence-electron chi connectivity index (χ2n) is 17.6. The summed E-state index contributed by atoms with van der Waals surface area (Å²) in [5, 5.41) is 15.7. The van der Waals surface area contributed by atoms with Crippen molar-refractivity contribution in [2.24, 2.45) is 5.92 Å². The zero-order valence-corrected chi connectivity index (χ0v) is 35.6. The smallest absolute Gasteiger partial charge is 0.408 e. The highest BCUT2D eigenvalue weighted by Crippen LogP contribution is 2.53. The molecular weight excluding hydrogens is 779 g/mol. The summed E-state index contributed by atoms with van der Waals surface area (Å²) in [5.41, 5.74) is 1.83.